The van der Waals surface area contributed by atoms with Crippen molar-refractivity contribution in [3.05, 3.63) is 11.7 Å². The van der Waals surface area contributed by atoms with Crippen LogP contribution < -0.4 is 5.73 Å². The van der Waals surface area contributed by atoms with Crippen LogP contribution in [0.4, 0.5) is 0 Å². The Bertz CT molecular complexity index is 283. The van der Waals surface area contributed by atoms with Gasteiger partial charge in [0.15, 0.2) is 5.82 Å². The van der Waals surface area contributed by atoms with Crippen molar-refractivity contribution in [3.63, 3.8) is 0 Å². The molecule has 0 aromatic carbocycles. The van der Waals surface area contributed by atoms with Crippen LogP contribution in [0, 0.1) is 0 Å². The minimum absolute atomic E-state index is 0.252. The molecule has 0 saturated heterocycles. The molecule has 1 heterocycles. The number of aromatic nitrogens is 2. The predicted octanol–water partition coefficient (Wildman–Crippen LogP) is 2.25. The highest BCUT2D eigenvalue weighted by atomic mass is 16.5. The van der Waals surface area contributed by atoms with E-state index in [9.17, 15) is 0 Å². The standard InChI is InChI=1S/C11H21N3O/c1-4-8(2)11-13-10(15-14-11)7-5-6-9(3)12/h8-9H,4-7,12H2,1-3H3. The van der Waals surface area contributed by atoms with Crippen molar-refractivity contribution in [3.8, 4) is 0 Å². The molecule has 1 aromatic rings. The van der Waals surface area contributed by atoms with Gasteiger partial charge in [0.25, 0.3) is 0 Å². The number of nitrogens with zero attached hydrogens (tertiary/aromatic N) is 2. The molecular formula is C11H21N3O. The average molecular weight is 211 g/mol. The van der Waals surface area contributed by atoms with E-state index in [-0.39, 0.29) is 6.04 Å². The summed E-state index contributed by atoms with van der Waals surface area (Å²) in [4.78, 5) is 4.36. The first kappa shape index (κ1) is 12.2. The molecule has 0 radical (unpaired) electrons. The topological polar surface area (TPSA) is 64.9 Å². The maximum absolute atomic E-state index is 5.66. The van der Waals surface area contributed by atoms with Gasteiger partial charge in [-0.05, 0) is 26.2 Å². The summed E-state index contributed by atoms with van der Waals surface area (Å²) in [5.74, 6) is 1.95. The van der Waals surface area contributed by atoms with Gasteiger partial charge in [-0.15, -0.1) is 0 Å². The van der Waals surface area contributed by atoms with Gasteiger partial charge >= 0.3 is 0 Å². The second-order valence-electron chi connectivity index (χ2n) is 4.23. The second kappa shape index (κ2) is 5.85. The number of aryl methyl sites for hydroxylation is 1. The van der Waals surface area contributed by atoms with Crippen LogP contribution in [0.5, 0.6) is 0 Å². The molecule has 1 aromatic heterocycles. The molecule has 2 unspecified atom stereocenters. The van der Waals surface area contributed by atoms with E-state index in [2.05, 4.69) is 24.0 Å². The molecule has 2 atom stereocenters. The Hall–Kier alpha value is -0.900. The molecule has 86 valence electrons. The van der Waals surface area contributed by atoms with Crippen LogP contribution in [-0.4, -0.2) is 16.2 Å². The van der Waals surface area contributed by atoms with E-state index in [1.165, 1.54) is 0 Å². The van der Waals surface area contributed by atoms with E-state index < -0.39 is 0 Å². The maximum Gasteiger partial charge on any atom is 0.226 e. The Balaban J connectivity index is 2.39. The van der Waals surface area contributed by atoms with Gasteiger partial charge < -0.3 is 10.3 Å². The van der Waals surface area contributed by atoms with Crippen molar-refractivity contribution >= 4 is 0 Å². The molecule has 0 spiro atoms. The van der Waals surface area contributed by atoms with E-state index in [0.29, 0.717) is 5.92 Å². The quantitative estimate of drug-likeness (QED) is 0.783. The molecule has 0 bridgehead atoms. The molecule has 4 heteroatoms. The first-order chi connectivity index (χ1) is 7.13. The van der Waals surface area contributed by atoms with E-state index in [1.54, 1.807) is 0 Å². The normalized spacial score (nSPS) is 15.2. The van der Waals surface area contributed by atoms with Crippen LogP contribution in [0.15, 0.2) is 4.52 Å². The summed E-state index contributed by atoms with van der Waals surface area (Å²) in [7, 11) is 0. The summed E-state index contributed by atoms with van der Waals surface area (Å²) in [6, 6.07) is 0.252. The molecule has 15 heavy (non-hydrogen) atoms. The lowest BCUT2D eigenvalue weighted by Gasteiger charge is -2.01. The van der Waals surface area contributed by atoms with Gasteiger partial charge in [-0.2, -0.15) is 4.98 Å². The third-order valence-electron chi connectivity index (χ3n) is 2.59. The molecule has 4 nitrogen and oxygen atoms in total. The van der Waals surface area contributed by atoms with Gasteiger partial charge in [0.1, 0.15) is 0 Å². The molecular weight excluding hydrogens is 190 g/mol. The smallest absolute Gasteiger partial charge is 0.226 e. The van der Waals surface area contributed by atoms with Crippen LogP contribution in [0.2, 0.25) is 0 Å². The van der Waals surface area contributed by atoms with Crippen molar-refractivity contribution in [2.75, 3.05) is 0 Å². The van der Waals surface area contributed by atoms with Gasteiger partial charge in [0.2, 0.25) is 5.89 Å². The molecule has 0 fully saturated rings. The minimum Gasteiger partial charge on any atom is -0.339 e. The molecule has 0 aliphatic heterocycles. The van der Waals surface area contributed by atoms with Crippen molar-refractivity contribution < 1.29 is 4.52 Å². The summed E-state index contributed by atoms with van der Waals surface area (Å²) in [6.45, 7) is 6.24. The SMILES string of the molecule is CCC(C)c1noc(CCCC(C)N)n1. The van der Waals surface area contributed by atoms with Gasteiger partial charge in [-0.3, -0.25) is 0 Å². The summed E-state index contributed by atoms with van der Waals surface area (Å²) in [6.07, 6.45) is 3.89. The molecule has 0 saturated carbocycles. The van der Waals surface area contributed by atoms with Crippen molar-refractivity contribution in [2.24, 2.45) is 5.73 Å². The molecule has 0 amide bonds. The summed E-state index contributed by atoms with van der Waals surface area (Å²) >= 11 is 0. The third kappa shape index (κ3) is 4.00. The van der Waals surface area contributed by atoms with Crippen molar-refractivity contribution in [2.45, 2.75) is 58.4 Å². The van der Waals surface area contributed by atoms with Crippen LogP contribution >= 0.6 is 0 Å². The van der Waals surface area contributed by atoms with E-state index in [4.69, 9.17) is 10.3 Å². The zero-order chi connectivity index (χ0) is 11.3. The Morgan fingerprint density at radius 2 is 2.13 bits per heavy atom. The lowest BCUT2D eigenvalue weighted by atomic mass is 10.1. The van der Waals surface area contributed by atoms with E-state index in [1.807, 2.05) is 6.92 Å². The van der Waals surface area contributed by atoms with Crippen LogP contribution in [0.3, 0.4) is 0 Å². The predicted molar refractivity (Wildman–Crippen MR) is 59.6 cm³/mol. The molecule has 0 aliphatic carbocycles. The van der Waals surface area contributed by atoms with E-state index >= 15 is 0 Å². The number of hydrogen-bond donors (Lipinski definition) is 1. The average Bonchev–Trinajstić information content (AvgIpc) is 2.65. The van der Waals surface area contributed by atoms with Gasteiger partial charge in [0, 0.05) is 18.4 Å². The number of hydrogen-bond acceptors (Lipinski definition) is 4. The Morgan fingerprint density at radius 1 is 1.40 bits per heavy atom. The first-order valence-electron chi connectivity index (χ1n) is 5.71. The fraction of sp³-hybridized carbons (Fsp3) is 0.818. The Kier molecular flexibility index (Phi) is 4.75. The molecule has 0 aliphatic rings. The van der Waals surface area contributed by atoms with Gasteiger partial charge in [0.05, 0.1) is 0 Å². The maximum atomic E-state index is 5.66. The fourth-order valence-corrected chi connectivity index (χ4v) is 1.33. The van der Waals surface area contributed by atoms with Crippen LogP contribution in [0.25, 0.3) is 0 Å². The summed E-state index contributed by atoms with van der Waals surface area (Å²) in [5, 5.41) is 3.97. The van der Waals surface area contributed by atoms with Gasteiger partial charge in [-0.25, -0.2) is 0 Å². The van der Waals surface area contributed by atoms with Crippen molar-refractivity contribution in [1.29, 1.82) is 0 Å². The zero-order valence-electron chi connectivity index (χ0n) is 9.86. The highest BCUT2D eigenvalue weighted by Crippen LogP contribution is 2.15. The lowest BCUT2D eigenvalue weighted by molar-refractivity contribution is 0.365. The van der Waals surface area contributed by atoms with Crippen LogP contribution in [-0.2, 0) is 6.42 Å². The number of nitrogens with two attached hydrogens (primary N) is 1. The Labute approximate surface area is 91.2 Å². The monoisotopic (exact) mass is 211 g/mol. The minimum atomic E-state index is 0.252. The largest absolute Gasteiger partial charge is 0.339 e. The summed E-state index contributed by atoms with van der Waals surface area (Å²) < 4.78 is 5.17. The van der Waals surface area contributed by atoms with Crippen molar-refractivity contribution in [1.82, 2.24) is 10.1 Å². The molecule has 1 rings (SSSR count). The molecule has 2 N–H and O–H groups in total. The Morgan fingerprint density at radius 3 is 2.73 bits per heavy atom. The zero-order valence-corrected chi connectivity index (χ0v) is 9.86. The second-order valence-corrected chi connectivity index (χ2v) is 4.23. The highest BCUT2D eigenvalue weighted by Gasteiger charge is 2.11. The van der Waals surface area contributed by atoms with Crippen LogP contribution in [0.1, 0.15) is 57.7 Å². The third-order valence-corrected chi connectivity index (χ3v) is 2.59. The van der Waals surface area contributed by atoms with Gasteiger partial charge in [-0.1, -0.05) is 19.0 Å². The first-order valence-corrected chi connectivity index (χ1v) is 5.71. The van der Waals surface area contributed by atoms with E-state index in [0.717, 1.165) is 37.4 Å². The number of rotatable bonds is 6. The highest BCUT2D eigenvalue weighted by molar-refractivity contribution is 4.93. The fourth-order valence-electron chi connectivity index (χ4n) is 1.33. The summed E-state index contributed by atoms with van der Waals surface area (Å²) in [5.41, 5.74) is 5.66. The lowest BCUT2D eigenvalue weighted by Crippen LogP contribution is -2.14.